The van der Waals surface area contributed by atoms with Crippen LogP contribution < -0.4 is 9.80 Å². The number of pyridine rings is 1. The number of rotatable bonds is 3. The number of aromatic nitrogens is 3. The molecule has 3 aliphatic rings. The lowest BCUT2D eigenvalue weighted by Crippen LogP contribution is -2.37. The van der Waals surface area contributed by atoms with Crippen LogP contribution in [0.5, 0.6) is 0 Å². The van der Waals surface area contributed by atoms with Crippen LogP contribution >= 0.6 is 11.6 Å². The lowest BCUT2D eigenvalue weighted by Gasteiger charge is -2.29. The van der Waals surface area contributed by atoms with Gasteiger partial charge in [-0.15, -0.1) is 0 Å². The summed E-state index contributed by atoms with van der Waals surface area (Å²) in [5.41, 5.74) is 2.05. The smallest absolute Gasteiger partial charge is 0.303 e. The molecule has 0 N–H and O–H groups in total. The fraction of sp³-hybridized carbons (Fsp3) is 0.526. The standard InChI is InChI=1S/C19H20ClF2N5O/c1-18(21,22)17-24-15(26-4-6-28-7-5-26)9-16(25-17)27-11-19(2-3-19)12-10-23-14(20)8-13(12)27/h8-10H,2-7,11H2,1H3. The van der Waals surface area contributed by atoms with Crippen LogP contribution in [0.4, 0.5) is 26.1 Å². The van der Waals surface area contributed by atoms with Gasteiger partial charge in [-0.25, -0.2) is 15.0 Å². The number of fused-ring (bicyclic) bond motifs is 2. The van der Waals surface area contributed by atoms with Crippen molar-refractivity contribution >= 4 is 28.9 Å². The maximum absolute atomic E-state index is 14.2. The molecule has 1 saturated heterocycles. The molecular formula is C19H20ClF2N5O. The highest BCUT2D eigenvalue weighted by atomic mass is 35.5. The Labute approximate surface area is 166 Å². The Kier molecular flexibility index (Phi) is 4.00. The lowest BCUT2D eigenvalue weighted by molar-refractivity contribution is 0.00783. The molecule has 2 aromatic heterocycles. The summed E-state index contributed by atoms with van der Waals surface area (Å²) in [4.78, 5) is 16.6. The van der Waals surface area contributed by atoms with E-state index in [1.54, 1.807) is 12.1 Å². The largest absolute Gasteiger partial charge is 0.378 e. The number of morpholine rings is 1. The van der Waals surface area contributed by atoms with Crippen LogP contribution in [0.25, 0.3) is 0 Å². The zero-order valence-electron chi connectivity index (χ0n) is 15.5. The van der Waals surface area contributed by atoms with Gasteiger partial charge in [0.15, 0.2) is 0 Å². The predicted molar refractivity (Wildman–Crippen MR) is 102 cm³/mol. The minimum Gasteiger partial charge on any atom is -0.378 e. The van der Waals surface area contributed by atoms with E-state index in [4.69, 9.17) is 16.3 Å². The molecule has 0 aromatic carbocycles. The fourth-order valence-corrected chi connectivity index (χ4v) is 4.17. The van der Waals surface area contributed by atoms with Crippen LogP contribution in [0, 0.1) is 0 Å². The third-order valence-corrected chi connectivity index (χ3v) is 5.94. The quantitative estimate of drug-likeness (QED) is 0.724. The molecule has 0 bridgehead atoms. The summed E-state index contributed by atoms with van der Waals surface area (Å²) in [5, 5.41) is 0.380. The van der Waals surface area contributed by atoms with Crippen molar-refractivity contribution in [1.29, 1.82) is 0 Å². The van der Waals surface area contributed by atoms with Crippen molar-refractivity contribution in [3.8, 4) is 0 Å². The molecule has 28 heavy (non-hydrogen) atoms. The normalized spacial score (nSPS) is 20.6. The van der Waals surface area contributed by atoms with Gasteiger partial charge in [-0.2, -0.15) is 8.78 Å². The Hall–Kier alpha value is -2.06. The molecule has 2 aromatic rings. The summed E-state index contributed by atoms with van der Waals surface area (Å²) in [5.74, 6) is -2.62. The maximum atomic E-state index is 14.2. The first-order chi connectivity index (χ1) is 13.4. The molecule has 2 aliphatic heterocycles. The van der Waals surface area contributed by atoms with Crippen molar-refractivity contribution in [3.63, 3.8) is 0 Å². The average molecular weight is 408 g/mol. The van der Waals surface area contributed by atoms with Crippen molar-refractivity contribution < 1.29 is 13.5 Å². The first kappa shape index (κ1) is 18.0. The summed E-state index contributed by atoms with van der Waals surface area (Å²) >= 11 is 6.13. The maximum Gasteiger partial charge on any atom is 0.303 e. The molecule has 6 nitrogen and oxygen atoms in total. The molecule has 0 atom stereocenters. The molecule has 1 spiro atoms. The van der Waals surface area contributed by atoms with E-state index in [1.165, 1.54) is 0 Å². The number of alkyl halides is 2. The third kappa shape index (κ3) is 2.99. The van der Waals surface area contributed by atoms with Crippen molar-refractivity contribution in [2.75, 3.05) is 42.6 Å². The first-order valence-corrected chi connectivity index (χ1v) is 9.77. The van der Waals surface area contributed by atoms with Crippen molar-refractivity contribution in [3.05, 3.63) is 34.9 Å². The van der Waals surface area contributed by atoms with Crippen molar-refractivity contribution in [2.24, 2.45) is 0 Å². The summed E-state index contributed by atoms with van der Waals surface area (Å²) in [6, 6.07) is 3.59. The van der Waals surface area contributed by atoms with Crippen LogP contribution in [-0.2, 0) is 16.1 Å². The van der Waals surface area contributed by atoms with E-state index in [9.17, 15) is 8.78 Å². The molecule has 4 heterocycles. The van der Waals surface area contributed by atoms with E-state index >= 15 is 0 Å². The molecule has 0 radical (unpaired) electrons. The van der Waals surface area contributed by atoms with Crippen LogP contribution in [0.2, 0.25) is 5.15 Å². The fourth-order valence-electron chi connectivity index (χ4n) is 4.02. The highest BCUT2D eigenvalue weighted by Gasteiger charge is 2.52. The van der Waals surface area contributed by atoms with Crippen LogP contribution in [0.15, 0.2) is 18.3 Å². The van der Waals surface area contributed by atoms with Gasteiger partial charge in [0, 0.05) is 49.8 Å². The van der Waals surface area contributed by atoms with E-state index in [-0.39, 0.29) is 5.41 Å². The first-order valence-electron chi connectivity index (χ1n) is 9.39. The monoisotopic (exact) mass is 407 g/mol. The summed E-state index contributed by atoms with van der Waals surface area (Å²) in [7, 11) is 0. The minimum atomic E-state index is -3.13. The number of halogens is 3. The number of nitrogens with zero attached hydrogens (tertiary/aromatic N) is 5. The van der Waals surface area contributed by atoms with E-state index in [2.05, 4.69) is 15.0 Å². The third-order valence-electron chi connectivity index (χ3n) is 5.73. The predicted octanol–water partition coefficient (Wildman–Crippen LogP) is 3.66. The van der Waals surface area contributed by atoms with Crippen molar-refractivity contribution in [2.45, 2.75) is 31.1 Å². The Morgan fingerprint density at radius 1 is 1.14 bits per heavy atom. The molecule has 2 fully saturated rings. The minimum absolute atomic E-state index is 0.0336. The van der Waals surface area contributed by atoms with Crippen LogP contribution in [-0.4, -0.2) is 47.8 Å². The van der Waals surface area contributed by atoms with E-state index in [0.29, 0.717) is 49.6 Å². The Morgan fingerprint density at radius 3 is 2.54 bits per heavy atom. The Bertz CT molecular complexity index is 925. The molecule has 1 aliphatic carbocycles. The lowest BCUT2D eigenvalue weighted by atomic mass is 10.0. The molecule has 0 amide bonds. The number of ether oxygens (including phenoxy) is 1. The molecule has 0 unspecified atom stereocenters. The zero-order valence-corrected chi connectivity index (χ0v) is 16.2. The number of hydrogen-bond donors (Lipinski definition) is 0. The highest BCUT2D eigenvalue weighted by Crippen LogP contribution is 2.58. The van der Waals surface area contributed by atoms with Crippen molar-refractivity contribution in [1.82, 2.24) is 15.0 Å². The molecule has 148 valence electrons. The van der Waals surface area contributed by atoms with Gasteiger partial charge >= 0.3 is 5.92 Å². The topological polar surface area (TPSA) is 54.4 Å². The molecule has 1 saturated carbocycles. The van der Waals surface area contributed by atoms with Gasteiger partial charge in [-0.1, -0.05) is 11.6 Å². The number of hydrogen-bond acceptors (Lipinski definition) is 6. The molecule has 9 heteroatoms. The van der Waals surface area contributed by atoms with Gasteiger partial charge in [0.05, 0.1) is 18.9 Å². The second-order valence-corrected chi connectivity index (χ2v) is 8.17. The SMILES string of the molecule is CC(F)(F)c1nc(N2CCOCC2)cc(N2CC3(CC3)c3cnc(Cl)cc32)n1. The summed E-state index contributed by atoms with van der Waals surface area (Å²) in [6.07, 6.45) is 3.92. The summed E-state index contributed by atoms with van der Waals surface area (Å²) < 4.78 is 33.7. The second kappa shape index (κ2) is 6.22. The summed E-state index contributed by atoms with van der Waals surface area (Å²) in [6.45, 7) is 3.85. The van der Waals surface area contributed by atoms with Crippen LogP contribution in [0.1, 0.15) is 31.2 Å². The highest BCUT2D eigenvalue weighted by molar-refractivity contribution is 6.29. The van der Waals surface area contributed by atoms with E-state index in [1.807, 2.05) is 16.0 Å². The molecular weight excluding hydrogens is 388 g/mol. The van der Waals surface area contributed by atoms with E-state index < -0.39 is 11.7 Å². The van der Waals surface area contributed by atoms with Gasteiger partial charge in [0.1, 0.15) is 16.8 Å². The number of anilines is 3. The van der Waals surface area contributed by atoms with Gasteiger partial charge in [0.25, 0.3) is 0 Å². The van der Waals surface area contributed by atoms with Gasteiger partial charge in [-0.05, 0) is 18.9 Å². The molecule has 5 rings (SSSR count). The van der Waals surface area contributed by atoms with E-state index in [0.717, 1.165) is 31.0 Å². The van der Waals surface area contributed by atoms with Gasteiger partial charge < -0.3 is 14.5 Å². The van der Waals surface area contributed by atoms with Gasteiger partial charge in [-0.3, -0.25) is 0 Å². The zero-order chi connectivity index (χ0) is 19.5. The Morgan fingerprint density at radius 2 is 1.86 bits per heavy atom. The Balaban J connectivity index is 1.61. The average Bonchev–Trinajstić information content (AvgIpc) is 3.39. The van der Waals surface area contributed by atoms with Gasteiger partial charge in [0.2, 0.25) is 5.82 Å². The second-order valence-electron chi connectivity index (χ2n) is 7.79. The van der Waals surface area contributed by atoms with Crippen LogP contribution in [0.3, 0.4) is 0 Å².